The highest BCUT2D eigenvalue weighted by Crippen LogP contribution is 2.36. The largest absolute Gasteiger partial charge is 0.449 e. The van der Waals surface area contributed by atoms with Gasteiger partial charge in [-0.15, -0.1) is 0 Å². The number of nitriles is 1. The molecule has 0 bridgehead atoms. The van der Waals surface area contributed by atoms with Gasteiger partial charge in [0.05, 0.1) is 4.47 Å². The van der Waals surface area contributed by atoms with Crippen molar-refractivity contribution in [2.24, 2.45) is 0 Å². The van der Waals surface area contributed by atoms with Crippen LogP contribution in [0.4, 0.5) is 5.69 Å². The van der Waals surface area contributed by atoms with Gasteiger partial charge in [0.25, 0.3) is 5.91 Å². The summed E-state index contributed by atoms with van der Waals surface area (Å²) in [5, 5.41) is 12.8. The molecular weight excluding hydrogens is 504 g/mol. The zero-order valence-corrected chi connectivity index (χ0v) is 18.7. The van der Waals surface area contributed by atoms with Crippen molar-refractivity contribution < 1.29 is 9.21 Å². The average Bonchev–Trinajstić information content (AvgIpc) is 3.02. The van der Waals surface area contributed by atoms with Crippen molar-refractivity contribution in [1.29, 1.82) is 5.26 Å². The minimum absolute atomic E-state index is 0.0418. The lowest BCUT2D eigenvalue weighted by Crippen LogP contribution is -2.14. The number of furan rings is 1. The smallest absolute Gasteiger partial charge is 0.266 e. The maximum atomic E-state index is 12.5. The molecule has 0 spiro atoms. The number of benzene rings is 2. The Morgan fingerprint density at radius 2 is 1.93 bits per heavy atom. The highest BCUT2D eigenvalue weighted by Gasteiger charge is 2.14. The molecule has 4 nitrogen and oxygen atoms in total. The van der Waals surface area contributed by atoms with Gasteiger partial charge in [0.2, 0.25) is 0 Å². The number of carbonyl (C=O) groups excluding carboxylic acids is 1. The van der Waals surface area contributed by atoms with Crippen molar-refractivity contribution in [3.05, 3.63) is 80.4 Å². The number of hydrogen-bond acceptors (Lipinski definition) is 4. The molecule has 0 saturated carbocycles. The van der Waals surface area contributed by atoms with Crippen LogP contribution in [0.15, 0.2) is 83.5 Å². The van der Waals surface area contributed by atoms with Crippen LogP contribution < -0.4 is 5.32 Å². The first kappa shape index (κ1) is 20.5. The summed E-state index contributed by atoms with van der Waals surface area (Å²) in [4.78, 5) is 13.5. The quantitative estimate of drug-likeness (QED) is 0.298. The van der Waals surface area contributed by atoms with E-state index in [0.717, 1.165) is 19.4 Å². The average molecular weight is 518 g/mol. The predicted octanol–water partition coefficient (Wildman–Crippen LogP) is 6.81. The molecule has 0 fully saturated rings. The van der Waals surface area contributed by atoms with Crippen LogP contribution in [0, 0.1) is 18.3 Å². The number of carbonyl (C=O) groups is 1. The van der Waals surface area contributed by atoms with Gasteiger partial charge in [-0.3, -0.25) is 4.79 Å². The zero-order valence-electron chi connectivity index (χ0n) is 14.7. The molecule has 1 amide bonds. The number of aryl methyl sites for hydroxylation is 1. The number of nitrogens with zero attached hydrogens (tertiary/aromatic N) is 1. The van der Waals surface area contributed by atoms with E-state index in [2.05, 4.69) is 37.2 Å². The van der Waals surface area contributed by atoms with E-state index in [9.17, 15) is 10.1 Å². The summed E-state index contributed by atoms with van der Waals surface area (Å²) in [5.41, 5.74) is 1.50. The van der Waals surface area contributed by atoms with Crippen molar-refractivity contribution in [2.45, 2.75) is 16.9 Å². The molecule has 7 heteroatoms. The summed E-state index contributed by atoms with van der Waals surface area (Å²) in [7, 11) is 0. The molecule has 140 valence electrons. The molecule has 0 radical (unpaired) electrons. The Bertz CT molecular complexity index is 1090. The third-order valence-electron chi connectivity index (χ3n) is 3.72. The fraction of sp³-hybridized carbons (Fsp3) is 0.0476. The first-order valence-electron chi connectivity index (χ1n) is 8.18. The topological polar surface area (TPSA) is 66.0 Å². The summed E-state index contributed by atoms with van der Waals surface area (Å²) in [6, 6.07) is 19.0. The van der Waals surface area contributed by atoms with Crippen LogP contribution in [0.25, 0.3) is 6.08 Å². The normalized spacial score (nSPS) is 11.1. The number of hydrogen-bond donors (Lipinski definition) is 1. The van der Waals surface area contributed by atoms with Crippen molar-refractivity contribution >= 4 is 61.3 Å². The lowest BCUT2D eigenvalue weighted by Gasteiger charge is -2.07. The van der Waals surface area contributed by atoms with Gasteiger partial charge in [-0.05, 0) is 64.8 Å². The Morgan fingerprint density at radius 1 is 1.18 bits per heavy atom. The van der Waals surface area contributed by atoms with Crippen molar-refractivity contribution in [1.82, 2.24) is 0 Å². The van der Waals surface area contributed by atoms with Gasteiger partial charge in [-0.2, -0.15) is 5.26 Å². The highest BCUT2D eigenvalue weighted by atomic mass is 79.9. The molecule has 0 aliphatic heterocycles. The van der Waals surface area contributed by atoms with Gasteiger partial charge in [0.1, 0.15) is 17.4 Å². The maximum absolute atomic E-state index is 12.5. The van der Waals surface area contributed by atoms with E-state index in [1.165, 1.54) is 17.8 Å². The van der Waals surface area contributed by atoms with Crippen LogP contribution in [0.3, 0.4) is 0 Å². The summed E-state index contributed by atoms with van der Waals surface area (Å²) in [6.45, 7) is 1.88. The van der Waals surface area contributed by atoms with E-state index in [-0.39, 0.29) is 5.57 Å². The van der Waals surface area contributed by atoms with Gasteiger partial charge >= 0.3 is 0 Å². The van der Waals surface area contributed by atoms with Crippen molar-refractivity contribution in [3.63, 3.8) is 0 Å². The molecule has 0 aliphatic carbocycles. The summed E-state index contributed by atoms with van der Waals surface area (Å²) >= 11 is 8.30. The molecule has 0 saturated heterocycles. The molecule has 1 N–H and O–H groups in total. The lowest BCUT2D eigenvalue weighted by molar-refractivity contribution is -0.112. The molecule has 1 aromatic heterocycles. The van der Waals surface area contributed by atoms with E-state index >= 15 is 0 Å². The molecule has 0 aliphatic rings. The lowest BCUT2D eigenvalue weighted by atomic mass is 10.1. The highest BCUT2D eigenvalue weighted by molar-refractivity contribution is 9.10. The Hall–Kier alpha value is -2.27. The number of nitrogens with one attached hydrogen (secondary N) is 1. The third-order valence-corrected chi connectivity index (χ3v) is 6.06. The Morgan fingerprint density at radius 3 is 2.61 bits per heavy atom. The van der Waals surface area contributed by atoms with Crippen LogP contribution in [-0.2, 0) is 4.79 Å². The second-order valence-corrected chi connectivity index (χ2v) is 8.60. The first-order chi connectivity index (χ1) is 13.5. The molecule has 1 heterocycles. The Balaban J connectivity index is 1.79. The molecular formula is C21H14Br2N2O2S. The predicted molar refractivity (Wildman–Crippen MR) is 118 cm³/mol. The number of amides is 1. The van der Waals surface area contributed by atoms with Crippen LogP contribution in [-0.4, -0.2) is 5.91 Å². The van der Waals surface area contributed by atoms with Crippen molar-refractivity contribution in [3.8, 4) is 6.07 Å². The molecule has 0 atom stereocenters. The summed E-state index contributed by atoms with van der Waals surface area (Å²) in [6.07, 6.45) is 1.43. The SMILES string of the molecule is Cc1cc(Br)ccc1NC(=O)/C(C#N)=C\c1cc(Br)c(Sc2ccccc2)o1. The minimum Gasteiger partial charge on any atom is -0.449 e. The van der Waals surface area contributed by atoms with Crippen molar-refractivity contribution in [2.75, 3.05) is 5.32 Å². The second kappa shape index (κ2) is 9.28. The fourth-order valence-electron chi connectivity index (χ4n) is 2.35. The van der Waals surface area contributed by atoms with E-state index in [1.54, 1.807) is 12.1 Å². The van der Waals surface area contributed by atoms with Crippen LogP contribution in [0.1, 0.15) is 11.3 Å². The third kappa shape index (κ3) is 5.16. The van der Waals surface area contributed by atoms with Crippen LogP contribution in [0.5, 0.6) is 0 Å². The Labute approximate surface area is 183 Å². The number of anilines is 1. The maximum Gasteiger partial charge on any atom is 0.266 e. The number of halogens is 2. The first-order valence-corrected chi connectivity index (χ1v) is 10.6. The van der Waals surface area contributed by atoms with Gasteiger partial charge in [0.15, 0.2) is 5.09 Å². The number of rotatable bonds is 5. The zero-order chi connectivity index (χ0) is 20.1. The van der Waals surface area contributed by atoms with Gasteiger partial charge < -0.3 is 9.73 Å². The molecule has 0 unspecified atom stereocenters. The second-order valence-electron chi connectivity index (χ2n) is 5.78. The van der Waals surface area contributed by atoms with E-state index < -0.39 is 5.91 Å². The minimum atomic E-state index is -0.488. The fourth-order valence-corrected chi connectivity index (χ4v) is 4.18. The molecule has 3 rings (SSSR count). The molecule has 2 aromatic carbocycles. The summed E-state index contributed by atoms with van der Waals surface area (Å²) < 4.78 is 7.47. The Kier molecular flexibility index (Phi) is 6.79. The van der Waals surface area contributed by atoms with E-state index in [0.29, 0.717) is 16.5 Å². The van der Waals surface area contributed by atoms with Gasteiger partial charge in [-0.1, -0.05) is 45.9 Å². The molecule has 3 aromatic rings. The van der Waals surface area contributed by atoms with Crippen LogP contribution >= 0.6 is 43.6 Å². The van der Waals surface area contributed by atoms with Crippen LogP contribution in [0.2, 0.25) is 0 Å². The molecule has 28 heavy (non-hydrogen) atoms. The standard InChI is InChI=1S/C21H14Br2N2O2S/c1-13-9-15(22)7-8-19(13)25-20(26)14(12-24)10-16-11-18(23)21(27-16)28-17-5-3-2-4-6-17/h2-11H,1H3,(H,25,26)/b14-10-. The van der Waals surface area contributed by atoms with E-state index in [4.69, 9.17) is 4.42 Å². The summed E-state index contributed by atoms with van der Waals surface area (Å²) in [5.74, 6) is -0.0674. The van der Waals surface area contributed by atoms with Gasteiger partial charge in [0, 0.05) is 21.1 Å². The monoisotopic (exact) mass is 516 g/mol. The van der Waals surface area contributed by atoms with Gasteiger partial charge in [-0.25, -0.2) is 0 Å². The van der Waals surface area contributed by atoms with E-state index in [1.807, 2.05) is 55.5 Å².